The number of hydrogen-bond acceptors (Lipinski definition) is 5. The topological polar surface area (TPSA) is 47.9 Å². The third-order valence-corrected chi connectivity index (χ3v) is 4.30. The van der Waals surface area contributed by atoms with E-state index in [4.69, 9.17) is 4.74 Å². The monoisotopic (exact) mass is 319 g/mol. The molecule has 0 aliphatic carbocycles. The molecule has 0 aliphatic rings. The first-order valence-electron chi connectivity index (χ1n) is 7.20. The van der Waals surface area contributed by atoms with Crippen LogP contribution >= 0.6 is 11.3 Å². The lowest BCUT2D eigenvalue weighted by Gasteiger charge is -2.08. The van der Waals surface area contributed by atoms with Crippen molar-refractivity contribution in [1.29, 1.82) is 0 Å². The summed E-state index contributed by atoms with van der Waals surface area (Å²) in [5.41, 5.74) is 1.72. The van der Waals surface area contributed by atoms with Crippen molar-refractivity contribution < 1.29 is 4.74 Å². The number of hydrogen-bond donors (Lipinski definition) is 0. The van der Waals surface area contributed by atoms with E-state index in [1.165, 1.54) is 4.70 Å². The van der Waals surface area contributed by atoms with Crippen LogP contribution in [-0.2, 0) is 0 Å². The van der Waals surface area contributed by atoms with Crippen molar-refractivity contribution in [3.63, 3.8) is 0 Å². The van der Waals surface area contributed by atoms with Crippen LogP contribution in [-0.4, -0.2) is 15.0 Å². The molecule has 0 radical (unpaired) electrons. The summed E-state index contributed by atoms with van der Waals surface area (Å²) >= 11 is 1.69. The molecule has 0 bridgehead atoms. The van der Waals surface area contributed by atoms with Crippen molar-refractivity contribution >= 4 is 21.4 Å². The van der Waals surface area contributed by atoms with Crippen molar-refractivity contribution in [3.05, 3.63) is 65.9 Å². The Labute approximate surface area is 137 Å². The van der Waals surface area contributed by atoms with E-state index in [1.54, 1.807) is 23.7 Å². The minimum atomic E-state index is 0.537. The fraction of sp³-hybridized carbons (Fsp3) is 0.0556. The van der Waals surface area contributed by atoms with Gasteiger partial charge in [-0.2, -0.15) is 4.98 Å². The van der Waals surface area contributed by atoms with Gasteiger partial charge in [0.1, 0.15) is 5.75 Å². The number of thiophene rings is 1. The zero-order valence-corrected chi connectivity index (χ0v) is 13.2. The smallest absolute Gasteiger partial charge is 0.223 e. The molecule has 0 fully saturated rings. The summed E-state index contributed by atoms with van der Waals surface area (Å²) < 4.78 is 7.22. The van der Waals surface area contributed by atoms with Crippen molar-refractivity contribution in [2.24, 2.45) is 0 Å². The Morgan fingerprint density at radius 2 is 2.00 bits per heavy atom. The maximum absolute atomic E-state index is 6.03. The van der Waals surface area contributed by atoms with Crippen LogP contribution in [0.2, 0.25) is 0 Å². The van der Waals surface area contributed by atoms with E-state index in [0.717, 1.165) is 22.4 Å². The van der Waals surface area contributed by atoms with Crippen LogP contribution < -0.4 is 4.74 Å². The highest BCUT2D eigenvalue weighted by molar-refractivity contribution is 7.17. The number of nitrogens with zero attached hydrogens (tertiary/aromatic N) is 3. The number of aryl methyl sites for hydroxylation is 1. The van der Waals surface area contributed by atoms with Crippen molar-refractivity contribution in [1.82, 2.24) is 15.0 Å². The molecule has 3 aromatic heterocycles. The van der Waals surface area contributed by atoms with E-state index in [0.29, 0.717) is 11.7 Å². The summed E-state index contributed by atoms with van der Waals surface area (Å²) in [6.45, 7) is 1.93. The maximum Gasteiger partial charge on any atom is 0.223 e. The molecular weight excluding hydrogens is 306 g/mol. The van der Waals surface area contributed by atoms with Crippen molar-refractivity contribution in [3.8, 4) is 23.0 Å². The van der Waals surface area contributed by atoms with Crippen molar-refractivity contribution in [2.45, 2.75) is 6.92 Å². The number of aromatic nitrogens is 3. The third kappa shape index (κ3) is 2.78. The summed E-state index contributed by atoms with van der Waals surface area (Å²) in [4.78, 5) is 13.1. The second-order valence-electron chi connectivity index (χ2n) is 5.10. The van der Waals surface area contributed by atoms with Crippen LogP contribution in [0.25, 0.3) is 21.5 Å². The van der Waals surface area contributed by atoms with Gasteiger partial charge < -0.3 is 4.74 Å². The van der Waals surface area contributed by atoms with Crippen LogP contribution in [0.3, 0.4) is 0 Å². The largest absolute Gasteiger partial charge is 0.438 e. The molecule has 5 heteroatoms. The van der Waals surface area contributed by atoms with Gasteiger partial charge in [-0.3, -0.25) is 4.98 Å². The fourth-order valence-electron chi connectivity index (χ4n) is 2.38. The van der Waals surface area contributed by atoms with E-state index in [1.807, 2.05) is 37.3 Å². The van der Waals surface area contributed by atoms with E-state index in [-0.39, 0.29) is 0 Å². The first kappa shape index (κ1) is 13.8. The second-order valence-corrected chi connectivity index (χ2v) is 6.05. The Bertz CT molecular complexity index is 966. The predicted molar refractivity (Wildman–Crippen MR) is 91.9 cm³/mol. The molecule has 0 amide bonds. The molecule has 4 aromatic rings. The molecule has 1 aromatic carbocycles. The number of pyridine rings is 1. The first-order chi connectivity index (χ1) is 11.3. The van der Waals surface area contributed by atoms with Gasteiger partial charge in [0.15, 0.2) is 5.82 Å². The molecule has 0 saturated heterocycles. The Balaban J connectivity index is 1.75. The summed E-state index contributed by atoms with van der Waals surface area (Å²) in [7, 11) is 0. The molecule has 0 unspecified atom stereocenters. The van der Waals surface area contributed by atoms with Crippen LogP contribution in [0, 0.1) is 6.92 Å². The predicted octanol–water partition coefficient (Wildman–Crippen LogP) is 4.85. The van der Waals surface area contributed by atoms with E-state index in [9.17, 15) is 0 Å². The highest BCUT2D eigenvalue weighted by atomic mass is 32.1. The number of ether oxygens (including phenoxy) is 1. The molecule has 23 heavy (non-hydrogen) atoms. The number of fused-ring (bicyclic) bond motifs is 1. The summed E-state index contributed by atoms with van der Waals surface area (Å²) in [6.07, 6.45) is 3.48. The van der Waals surface area contributed by atoms with E-state index < -0.39 is 0 Å². The molecule has 4 rings (SSSR count). The minimum absolute atomic E-state index is 0.537. The van der Waals surface area contributed by atoms with Crippen LogP contribution in [0.5, 0.6) is 11.6 Å². The SMILES string of the molecule is Cc1cc(Oc2cccc3sccc23)nc(-c2cccnc2)n1. The number of rotatable bonds is 3. The quantitative estimate of drug-likeness (QED) is 0.541. The molecule has 0 spiro atoms. The van der Waals surface area contributed by atoms with Crippen LogP contribution in [0.4, 0.5) is 0 Å². The highest BCUT2D eigenvalue weighted by Gasteiger charge is 2.09. The van der Waals surface area contributed by atoms with Gasteiger partial charge in [0, 0.05) is 39.8 Å². The van der Waals surface area contributed by atoms with Gasteiger partial charge in [0.25, 0.3) is 0 Å². The molecule has 0 saturated carbocycles. The molecule has 3 heterocycles. The molecule has 0 N–H and O–H groups in total. The van der Waals surface area contributed by atoms with Gasteiger partial charge in [0.05, 0.1) is 0 Å². The molecule has 4 nitrogen and oxygen atoms in total. The lowest BCUT2D eigenvalue weighted by molar-refractivity contribution is 0.467. The fourth-order valence-corrected chi connectivity index (χ4v) is 3.19. The minimum Gasteiger partial charge on any atom is -0.438 e. The normalized spacial score (nSPS) is 10.8. The average Bonchev–Trinajstić information content (AvgIpc) is 3.05. The first-order valence-corrected chi connectivity index (χ1v) is 8.08. The number of benzene rings is 1. The molecule has 0 aliphatic heterocycles. The average molecular weight is 319 g/mol. The van der Waals surface area contributed by atoms with Crippen LogP contribution in [0.1, 0.15) is 5.69 Å². The van der Waals surface area contributed by atoms with Gasteiger partial charge in [-0.05, 0) is 42.6 Å². The van der Waals surface area contributed by atoms with Gasteiger partial charge in [-0.15, -0.1) is 11.3 Å². The second kappa shape index (κ2) is 5.78. The molecular formula is C18H13N3OS. The van der Waals surface area contributed by atoms with Crippen molar-refractivity contribution in [2.75, 3.05) is 0 Å². The van der Waals surface area contributed by atoms with Gasteiger partial charge in [-0.25, -0.2) is 4.98 Å². The standard InChI is InChI=1S/C18H13N3OS/c1-12-10-17(21-18(20-12)13-4-3-8-19-11-13)22-15-5-2-6-16-14(15)7-9-23-16/h2-11H,1H3. The van der Waals surface area contributed by atoms with Gasteiger partial charge >= 0.3 is 0 Å². The zero-order chi connectivity index (χ0) is 15.6. The van der Waals surface area contributed by atoms with Crippen LogP contribution in [0.15, 0.2) is 60.2 Å². The maximum atomic E-state index is 6.03. The third-order valence-electron chi connectivity index (χ3n) is 3.42. The van der Waals surface area contributed by atoms with E-state index in [2.05, 4.69) is 32.5 Å². The Kier molecular flexibility index (Phi) is 3.48. The zero-order valence-electron chi connectivity index (χ0n) is 12.4. The highest BCUT2D eigenvalue weighted by Crippen LogP contribution is 2.32. The summed E-state index contributed by atoms with van der Waals surface area (Å²) in [5.74, 6) is 1.96. The summed E-state index contributed by atoms with van der Waals surface area (Å²) in [6, 6.07) is 13.7. The Hall–Kier alpha value is -2.79. The lowest BCUT2D eigenvalue weighted by Crippen LogP contribution is -1.96. The molecule has 0 atom stereocenters. The van der Waals surface area contributed by atoms with E-state index >= 15 is 0 Å². The molecule has 112 valence electrons. The van der Waals surface area contributed by atoms with Gasteiger partial charge in [-0.1, -0.05) is 6.07 Å². The Morgan fingerprint density at radius 3 is 2.87 bits per heavy atom. The van der Waals surface area contributed by atoms with Gasteiger partial charge in [0.2, 0.25) is 5.88 Å². The summed E-state index contributed by atoms with van der Waals surface area (Å²) in [5, 5.41) is 3.15. The Morgan fingerprint density at radius 1 is 1.04 bits per heavy atom. The lowest BCUT2D eigenvalue weighted by atomic mass is 10.2.